The number of rotatable bonds is 5. The van der Waals surface area contributed by atoms with Crippen LogP contribution in [0.25, 0.3) is 0 Å². The summed E-state index contributed by atoms with van der Waals surface area (Å²) in [5.41, 5.74) is 6.95. The van der Waals surface area contributed by atoms with Gasteiger partial charge in [0.05, 0.1) is 11.6 Å². The molecular formula is C17H22N2O2S. The molecule has 0 fully saturated rings. The number of pyridine rings is 1. The number of nitrogens with two attached hydrogens (primary N) is 1. The number of aromatic nitrogens is 1. The Morgan fingerprint density at radius 2 is 1.86 bits per heavy atom. The SMILES string of the molecule is CC(C)(C)c1ccc(OCCSc2cc(=O)cc(N)[nH]2)cc1. The molecule has 0 bridgehead atoms. The second kappa shape index (κ2) is 6.92. The number of hydrogen-bond acceptors (Lipinski definition) is 4. The van der Waals surface area contributed by atoms with E-state index < -0.39 is 0 Å². The third-order valence-corrected chi connectivity index (χ3v) is 4.07. The highest BCUT2D eigenvalue weighted by molar-refractivity contribution is 7.99. The molecule has 0 amide bonds. The number of hydrogen-bond donors (Lipinski definition) is 2. The van der Waals surface area contributed by atoms with Crippen molar-refractivity contribution in [1.29, 1.82) is 0 Å². The lowest BCUT2D eigenvalue weighted by Gasteiger charge is -2.19. The van der Waals surface area contributed by atoms with E-state index >= 15 is 0 Å². The summed E-state index contributed by atoms with van der Waals surface area (Å²) in [6.45, 7) is 7.12. The third kappa shape index (κ3) is 4.84. The first-order chi connectivity index (χ1) is 10.3. The van der Waals surface area contributed by atoms with E-state index in [1.54, 1.807) is 6.07 Å². The van der Waals surface area contributed by atoms with E-state index in [9.17, 15) is 4.79 Å². The molecule has 0 atom stereocenters. The predicted octanol–water partition coefficient (Wildman–Crippen LogP) is 3.43. The lowest BCUT2D eigenvalue weighted by molar-refractivity contribution is 0.343. The second-order valence-electron chi connectivity index (χ2n) is 6.11. The number of anilines is 1. The predicted molar refractivity (Wildman–Crippen MR) is 92.8 cm³/mol. The molecule has 1 aromatic carbocycles. The van der Waals surface area contributed by atoms with Crippen LogP contribution in [0.4, 0.5) is 5.82 Å². The maximum atomic E-state index is 11.3. The summed E-state index contributed by atoms with van der Waals surface area (Å²) in [7, 11) is 0. The Morgan fingerprint density at radius 3 is 2.45 bits per heavy atom. The molecule has 4 nitrogen and oxygen atoms in total. The fraction of sp³-hybridized carbons (Fsp3) is 0.353. The second-order valence-corrected chi connectivity index (χ2v) is 7.24. The van der Waals surface area contributed by atoms with Crippen LogP contribution in [-0.4, -0.2) is 17.3 Å². The topological polar surface area (TPSA) is 68.1 Å². The van der Waals surface area contributed by atoms with Crippen molar-refractivity contribution in [3.63, 3.8) is 0 Å². The minimum absolute atomic E-state index is 0.0857. The van der Waals surface area contributed by atoms with Crippen molar-refractivity contribution in [1.82, 2.24) is 4.98 Å². The molecule has 5 heteroatoms. The summed E-state index contributed by atoms with van der Waals surface area (Å²) >= 11 is 1.51. The van der Waals surface area contributed by atoms with E-state index in [0.29, 0.717) is 12.4 Å². The van der Waals surface area contributed by atoms with Gasteiger partial charge in [-0.3, -0.25) is 4.79 Å². The van der Waals surface area contributed by atoms with Gasteiger partial charge in [0.2, 0.25) is 0 Å². The molecule has 22 heavy (non-hydrogen) atoms. The molecule has 1 heterocycles. The molecule has 0 aliphatic rings. The summed E-state index contributed by atoms with van der Waals surface area (Å²) < 4.78 is 5.71. The zero-order chi connectivity index (χ0) is 16.2. The molecule has 0 saturated carbocycles. The van der Waals surface area contributed by atoms with Gasteiger partial charge in [0.1, 0.15) is 11.6 Å². The number of nitrogens with one attached hydrogen (secondary N) is 1. The lowest BCUT2D eigenvalue weighted by atomic mass is 9.87. The van der Waals surface area contributed by atoms with Gasteiger partial charge in [-0.1, -0.05) is 32.9 Å². The van der Waals surface area contributed by atoms with Crippen molar-refractivity contribution >= 4 is 17.6 Å². The summed E-state index contributed by atoms with van der Waals surface area (Å²) in [6.07, 6.45) is 0. The van der Waals surface area contributed by atoms with Crippen LogP contribution >= 0.6 is 11.8 Å². The van der Waals surface area contributed by atoms with Gasteiger partial charge in [0.25, 0.3) is 0 Å². The van der Waals surface area contributed by atoms with Crippen molar-refractivity contribution in [2.75, 3.05) is 18.1 Å². The maximum absolute atomic E-state index is 11.3. The van der Waals surface area contributed by atoms with Crippen molar-refractivity contribution in [3.8, 4) is 5.75 Å². The van der Waals surface area contributed by atoms with E-state index in [1.165, 1.54) is 23.4 Å². The van der Waals surface area contributed by atoms with Gasteiger partial charge < -0.3 is 15.5 Å². The number of thioether (sulfide) groups is 1. The standard InChI is InChI=1S/C17H22N2O2S/c1-17(2,3)12-4-6-14(7-5-12)21-8-9-22-16-11-13(20)10-15(18)19-16/h4-7,10-11H,8-9H2,1-3H3,(H3,18,19,20). The summed E-state index contributed by atoms with van der Waals surface area (Å²) in [5, 5.41) is 0.761. The van der Waals surface area contributed by atoms with Gasteiger partial charge in [-0.25, -0.2) is 0 Å². The molecule has 1 aromatic heterocycles. The van der Waals surface area contributed by atoms with Crippen molar-refractivity contribution < 1.29 is 4.74 Å². The molecule has 0 aliphatic heterocycles. The molecule has 2 rings (SSSR count). The van der Waals surface area contributed by atoms with Crippen molar-refractivity contribution in [3.05, 3.63) is 52.2 Å². The van der Waals surface area contributed by atoms with Crippen LogP contribution in [0.2, 0.25) is 0 Å². The molecule has 0 spiro atoms. The van der Waals surface area contributed by atoms with Crippen LogP contribution in [-0.2, 0) is 5.41 Å². The zero-order valence-corrected chi connectivity index (χ0v) is 14.0. The van der Waals surface area contributed by atoms with Gasteiger partial charge in [-0.15, -0.1) is 11.8 Å². The molecular weight excluding hydrogens is 296 g/mol. The molecule has 0 unspecified atom stereocenters. The minimum Gasteiger partial charge on any atom is -0.493 e. The van der Waals surface area contributed by atoms with Crippen LogP contribution in [0, 0.1) is 0 Å². The fourth-order valence-electron chi connectivity index (χ4n) is 1.98. The molecule has 0 aliphatic carbocycles. The number of aromatic amines is 1. The Labute approximate surface area is 135 Å². The van der Waals surface area contributed by atoms with Gasteiger partial charge in [-0.05, 0) is 23.1 Å². The van der Waals surface area contributed by atoms with Crippen LogP contribution in [0.15, 0.2) is 46.2 Å². The first-order valence-corrected chi connectivity index (χ1v) is 8.19. The first-order valence-electron chi connectivity index (χ1n) is 7.20. The minimum atomic E-state index is -0.0857. The van der Waals surface area contributed by atoms with Crippen LogP contribution in [0.1, 0.15) is 26.3 Å². The van der Waals surface area contributed by atoms with E-state index in [2.05, 4.69) is 37.9 Å². The quantitative estimate of drug-likeness (QED) is 0.655. The van der Waals surface area contributed by atoms with E-state index in [-0.39, 0.29) is 10.8 Å². The highest BCUT2D eigenvalue weighted by atomic mass is 32.2. The maximum Gasteiger partial charge on any atom is 0.184 e. The Bertz CT molecular complexity index is 672. The van der Waals surface area contributed by atoms with Crippen LogP contribution in [0.5, 0.6) is 5.75 Å². The molecule has 3 N–H and O–H groups in total. The first kappa shape index (κ1) is 16.5. The van der Waals surface area contributed by atoms with Gasteiger partial charge in [-0.2, -0.15) is 0 Å². The normalized spacial score (nSPS) is 11.4. The number of H-pyrrole nitrogens is 1. The van der Waals surface area contributed by atoms with Gasteiger partial charge in [0, 0.05) is 17.9 Å². The van der Waals surface area contributed by atoms with Gasteiger partial charge >= 0.3 is 0 Å². The Morgan fingerprint density at radius 1 is 1.18 bits per heavy atom. The fourth-order valence-corrected chi connectivity index (χ4v) is 2.75. The van der Waals surface area contributed by atoms with E-state index in [0.717, 1.165) is 16.5 Å². The van der Waals surface area contributed by atoms with Gasteiger partial charge in [0.15, 0.2) is 5.43 Å². The third-order valence-electron chi connectivity index (χ3n) is 3.17. The average Bonchev–Trinajstić information content (AvgIpc) is 2.42. The van der Waals surface area contributed by atoms with Crippen molar-refractivity contribution in [2.45, 2.75) is 31.2 Å². The van der Waals surface area contributed by atoms with E-state index in [4.69, 9.17) is 10.5 Å². The molecule has 118 valence electrons. The Balaban J connectivity index is 1.82. The number of ether oxygens (including phenoxy) is 1. The summed E-state index contributed by atoms with van der Waals surface area (Å²) in [5.74, 6) is 1.98. The van der Waals surface area contributed by atoms with Crippen LogP contribution in [0.3, 0.4) is 0 Å². The molecule has 0 saturated heterocycles. The van der Waals surface area contributed by atoms with Crippen molar-refractivity contribution in [2.24, 2.45) is 0 Å². The number of nitrogen functional groups attached to an aromatic ring is 1. The lowest BCUT2D eigenvalue weighted by Crippen LogP contribution is -2.10. The monoisotopic (exact) mass is 318 g/mol. The Hall–Kier alpha value is -1.88. The zero-order valence-electron chi connectivity index (χ0n) is 13.2. The number of benzene rings is 1. The van der Waals surface area contributed by atoms with Crippen LogP contribution < -0.4 is 15.9 Å². The molecule has 0 radical (unpaired) electrons. The summed E-state index contributed by atoms with van der Waals surface area (Å²) in [6, 6.07) is 11.1. The molecule has 2 aromatic rings. The largest absolute Gasteiger partial charge is 0.493 e. The smallest absolute Gasteiger partial charge is 0.184 e. The van der Waals surface area contributed by atoms with E-state index in [1.807, 2.05) is 12.1 Å². The highest BCUT2D eigenvalue weighted by Gasteiger charge is 2.12. The Kier molecular flexibility index (Phi) is 5.19. The average molecular weight is 318 g/mol. The summed E-state index contributed by atoms with van der Waals surface area (Å²) in [4.78, 5) is 14.3. The highest BCUT2D eigenvalue weighted by Crippen LogP contribution is 2.24.